The fourth-order valence-electron chi connectivity index (χ4n) is 13.3. The maximum absolute atomic E-state index is 5.35. The highest BCUT2D eigenvalue weighted by Crippen LogP contribution is 2.41. The molecule has 8 aromatic heterocycles. The number of benzene rings is 11. The van der Waals surface area contributed by atoms with E-state index in [1.54, 1.807) is 12.4 Å². The Hall–Kier alpha value is -13.1. The van der Waals surface area contributed by atoms with Crippen LogP contribution in [0.3, 0.4) is 0 Å². The van der Waals surface area contributed by atoms with Crippen LogP contribution < -0.4 is 0 Å². The van der Waals surface area contributed by atoms with Crippen molar-refractivity contribution in [2.24, 2.45) is 0 Å². The first kappa shape index (κ1) is 53.9. The first-order chi connectivity index (χ1) is 46.6. The molecule has 8 heterocycles. The molecule has 440 valence electrons. The normalized spacial score (nSPS) is 11.6. The predicted octanol–water partition coefficient (Wildman–Crippen LogP) is 18.7. The molecule has 0 N–H and O–H groups in total. The fourth-order valence-corrected chi connectivity index (χ4v) is 13.3. The highest BCUT2D eigenvalue weighted by molar-refractivity contribution is 6.20. The van der Waals surface area contributed by atoms with E-state index >= 15 is 0 Å². The summed E-state index contributed by atoms with van der Waals surface area (Å²) in [5.41, 5.74) is 15.7. The minimum absolute atomic E-state index is 0.485. The van der Waals surface area contributed by atoms with E-state index in [1.807, 2.05) is 115 Å². The highest BCUT2D eigenvalue weighted by atomic mass is 15.2. The second-order valence-electron chi connectivity index (χ2n) is 23.0. The van der Waals surface area contributed by atoms with Gasteiger partial charge in [0.05, 0.1) is 49.8 Å². The lowest BCUT2D eigenvalue weighted by molar-refractivity contribution is 0.997. The molecule has 0 saturated carbocycles. The monoisotopic (exact) mass is 1210 g/mol. The molecular weight excluding hydrogens is 1150 g/mol. The number of rotatable bonds is 9. The van der Waals surface area contributed by atoms with E-state index in [-0.39, 0.29) is 0 Å². The Bertz CT molecular complexity index is 6030. The Morgan fingerprint density at radius 2 is 0.617 bits per heavy atom. The summed E-state index contributed by atoms with van der Waals surface area (Å²) in [6.45, 7) is 0. The molecule has 13 nitrogen and oxygen atoms in total. The van der Waals surface area contributed by atoms with Crippen LogP contribution in [0.2, 0.25) is 0 Å². The molecule has 0 atom stereocenters. The van der Waals surface area contributed by atoms with Crippen LogP contribution >= 0.6 is 0 Å². The number of aromatic nitrogens is 13. The number of nitrogens with zero attached hydrogens (tertiary/aromatic N) is 13. The van der Waals surface area contributed by atoms with Crippen LogP contribution in [0.4, 0.5) is 0 Å². The van der Waals surface area contributed by atoms with Crippen LogP contribution in [0.5, 0.6) is 0 Å². The van der Waals surface area contributed by atoms with E-state index in [0.29, 0.717) is 40.9 Å². The van der Waals surface area contributed by atoms with Crippen LogP contribution in [0.25, 0.3) is 167 Å². The summed E-state index contributed by atoms with van der Waals surface area (Å²) >= 11 is 0. The first-order valence-corrected chi connectivity index (χ1v) is 31.1. The van der Waals surface area contributed by atoms with Gasteiger partial charge in [0, 0.05) is 102 Å². The summed E-state index contributed by atoms with van der Waals surface area (Å²) in [7, 11) is 0. The predicted molar refractivity (Wildman–Crippen MR) is 378 cm³/mol. The Morgan fingerprint density at radius 1 is 0.223 bits per heavy atom. The molecule has 0 bridgehead atoms. The summed E-state index contributed by atoms with van der Waals surface area (Å²) < 4.78 is 8.88. The lowest BCUT2D eigenvalue weighted by Crippen LogP contribution is -2.06. The molecule has 0 aliphatic rings. The molecule has 19 rings (SSSR count). The van der Waals surface area contributed by atoms with Crippen LogP contribution in [0.1, 0.15) is 0 Å². The van der Waals surface area contributed by atoms with Crippen LogP contribution in [-0.4, -0.2) is 63.1 Å². The molecule has 0 saturated heterocycles. The number of fused-ring (bicyclic) bond motifs is 12. The second kappa shape index (κ2) is 22.4. The van der Waals surface area contributed by atoms with E-state index in [1.165, 1.54) is 10.8 Å². The van der Waals surface area contributed by atoms with Crippen molar-refractivity contribution in [2.45, 2.75) is 0 Å². The molecule has 0 aliphatic carbocycles. The van der Waals surface area contributed by atoms with Crippen molar-refractivity contribution in [3.05, 3.63) is 310 Å². The van der Waals surface area contributed by atoms with Crippen molar-refractivity contribution >= 4 is 87.2 Å². The molecule has 0 aliphatic heterocycles. The van der Waals surface area contributed by atoms with Gasteiger partial charge in [-0.05, 0) is 78.9 Å². The molecule has 0 radical (unpaired) electrons. The van der Waals surface area contributed by atoms with E-state index in [4.69, 9.17) is 34.9 Å². The third-order valence-corrected chi connectivity index (χ3v) is 17.6. The Morgan fingerprint density at radius 3 is 1.12 bits per heavy atom. The number of hydrogen-bond acceptors (Lipinski definition) is 9. The summed E-state index contributed by atoms with van der Waals surface area (Å²) in [4.78, 5) is 44.9. The first-order valence-electron chi connectivity index (χ1n) is 31.1. The zero-order valence-corrected chi connectivity index (χ0v) is 50.3. The maximum Gasteiger partial charge on any atom is 0.235 e. The van der Waals surface area contributed by atoms with Gasteiger partial charge in [0.2, 0.25) is 11.9 Å². The minimum Gasteiger partial charge on any atom is -0.316 e. The van der Waals surface area contributed by atoms with Gasteiger partial charge in [0.15, 0.2) is 23.3 Å². The lowest BCUT2D eigenvalue weighted by atomic mass is 10.0. The Kier molecular flexibility index (Phi) is 12.8. The molecule has 0 unspecified atom stereocenters. The van der Waals surface area contributed by atoms with E-state index < -0.39 is 0 Å². The van der Waals surface area contributed by atoms with Crippen molar-refractivity contribution in [3.8, 4) is 80.2 Å². The van der Waals surface area contributed by atoms with Crippen molar-refractivity contribution in [1.82, 2.24) is 63.1 Å². The largest absolute Gasteiger partial charge is 0.316 e. The summed E-state index contributed by atoms with van der Waals surface area (Å²) in [6, 6.07) is 97.5. The molecule has 0 fully saturated rings. The topological polar surface area (TPSA) is 136 Å². The second-order valence-corrected chi connectivity index (χ2v) is 23.0. The average molecular weight is 1210 g/mol. The van der Waals surface area contributed by atoms with Gasteiger partial charge < -0.3 is 9.13 Å². The zero-order chi connectivity index (χ0) is 62.1. The van der Waals surface area contributed by atoms with E-state index in [0.717, 1.165) is 116 Å². The van der Waals surface area contributed by atoms with Gasteiger partial charge in [0.25, 0.3) is 0 Å². The third-order valence-electron chi connectivity index (χ3n) is 17.6. The van der Waals surface area contributed by atoms with Gasteiger partial charge in [0.1, 0.15) is 5.69 Å². The van der Waals surface area contributed by atoms with Crippen molar-refractivity contribution in [3.63, 3.8) is 0 Å². The molecule has 19 aromatic rings. The molecule has 94 heavy (non-hydrogen) atoms. The average Bonchev–Trinajstić information content (AvgIpc) is 1.56. The lowest BCUT2D eigenvalue weighted by Gasteiger charge is -2.13. The van der Waals surface area contributed by atoms with Gasteiger partial charge in [-0.15, -0.1) is 0 Å². The fraction of sp³-hybridized carbons (Fsp3) is 0. The molecule has 0 spiro atoms. The molecule has 0 amide bonds. The van der Waals surface area contributed by atoms with Crippen LogP contribution in [0, 0.1) is 0 Å². The Labute approximate surface area is 537 Å². The third kappa shape index (κ3) is 9.13. The smallest absolute Gasteiger partial charge is 0.235 e. The molecular formula is C81H51N13. The van der Waals surface area contributed by atoms with Gasteiger partial charge in [-0.25, -0.2) is 44.9 Å². The molecule has 13 heteroatoms. The zero-order valence-electron chi connectivity index (χ0n) is 50.3. The van der Waals surface area contributed by atoms with E-state index in [9.17, 15) is 0 Å². The summed E-state index contributed by atoms with van der Waals surface area (Å²) in [5, 5.41) is 8.73. The quantitative estimate of drug-likeness (QED) is 0.138. The number of hydrogen-bond donors (Lipinski definition) is 0. The van der Waals surface area contributed by atoms with Gasteiger partial charge >= 0.3 is 0 Å². The summed E-state index contributed by atoms with van der Waals surface area (Å²) in [5.74, 6) is 3.54. The minimum atomic E-state index is 0.485. The standard InChI is InChI=1S/C43H27N7.C38H24N6/c1-4-14-28(15-5-1)40-46-41(29-16-6-2-7-17-29)48-42(47-40)38-33-21-10-12-22-35(33)44-43(45-38)50-37-23-13-11-20-31(37)32-24-25-36-34(39(32)50)26-27-49(36)30-18-8-3-9-19-30;1-2-9-27(10-3-1)43-24-21-31-33(43)20-19-29-28-11-5-7-14-34(28)44(36(29)31)38-41-32-13-6-4-12-30(32)35(42-38)25-15-17-26(18-16-25)37-39-22-8-23-40-37/h1-27H;1-24H. The molecule has 11 aromatic carbocycles. The Balaban J connectivity index is 0.000000139. The van der Waals surface area contributed by atoms with Crippen molar-refractivity contribution < 1.29 is 0 Å². The van der Waals surface area contributed by atoms with Gasteiger partial charge in [-0.3, -0.25) is 9.13 Å². The van der Waals surface area contributed by atoms with Gasteiger partial charge in [-0.2, -0.15) is 0 Å². The highest BCUT2D eigenvalue weighted by Gasteiger charge is 2.24. The van der Waals surface area contributed by atoms with Crippen LogP contribution in [-0.2, 0) is 0 Å². The van der Waals surface area contributed by atoms with E-state index in [2.05, 4.69) is 210 Å². The maximum atomic E-state index is 5.35. The SMILES string of the molecule is c1ccc(-c2nc(-c3ccccc3)nc(-c3nc(-n4c5ccccc5c5ccc6c(ccn6-c6ccccc6)c54)nc4ccccc34)n2)cc1.c1ccc(-n2ccc3c2ccc2c4ccccc4n(-c4nc(-c5ccc(-c6ncccn6)cc5)c5ccccc5n4)c23)cc1. The summed E-state index contributed by atoms with van der Waals surface area (Å²) in [6.07, 6.45) is 7.80. The van der Waals surface area contributed by atoms with Crippen LogP contribution in [0.15, 0.2) is 310 Å². The van der Waals surface area contributed by atoms with Crippen molar-refractivity contribution in [1.29, 1.82) is 0 Å². The van der Waals surface area contributed by atoms with Gasteiger partial charge in [-0.1, -0.05) is 206 Å². The number of para-hydroxylation sites is 6. The van der Waals surface area contributed by atoms with Crippen molar-refractivity contribution in [2.75, 3.05) is 0 Å².